The van der Waals surface area contributed by atoms with Gasteiger partial charge in [-0.15, -0.1) is 0 Å². The summed E-state index contributed by atoms with van der Waals surface area (Å²) >= 11 is 0. The van der Waals surface area contributed by atoms with E-state index in [0.29, 0.717) is 13.1 Å². The van der Waals surface area contributed by atoms with Crippen molar-refractivity contribution in [3.8, 4) is 5.75 Å². The lowest BCUT2D eigenvalue weighted by Gasteiger charge is -2.34. The van der Waals surface area contributed by atoms with E-state index in [9.17, 15) is 14.3 Å². The average Bonchev–Trinajstić information content (AvgIpc) is 2.41. The van der Waals surface area contributed by atoms with Crippen molar-refractivity contribution >= 4 is 5.91 Å². The number of rotatable bonds is 2. The van der Waals surface area contributed by atoms with Gasteiger partial charge in [0, 0.05) is 26.2 Å². The molecule has 0 unspecified atom stereocenters. The SMILES string of the molecule is CCN1CCN(C(=O)c2cc(F)ccc2O)CC1. The molecule has 1 fully saturated rings. The summed E-state index contributed by atoms with van der Waals surface area (Å²) in [7, 11) is 0. The lowest BCUT2D eigenvalue weighted by Crippen LogP contribution is -2.48. The quantitative estimate of drug-likeness (QED) is 0.863. The van der Waals surface area contributed by atoms with Gasteiger partial charge in [0.15, 0.2) is 0 Å². The minimum absolute atomic E-state index is 0.0416. The van der Waals surface area contributed by atoms with Gasteiger partial charge in [0.05, 0.1) is 5.56 Å². The normalized spacial score (nSPS) is 16.9. The molecule has 1 aliphatic rings. The zero-order valence-corrected chi connectivity index (χ0v) is 10.4. The highest BCUT2D eigenvalue weighted by molar-refractivity contribution is 5.96. The van der Waals surface area contributed by atoms with E-state index in [0.717, 1.165) is 31.8 Å². The van der Waals surface area contributed by atoms with Crippen molar-refractivity contribution < 1.29 is 14.3 Å². The Hall–Kier alpha value is -1.62. The standard InChI is InChI=1S/C13H17FN2O2/c1-2-15-5-7-16(8-6-15)13(18)11-9-10(14)3-4-12(11)17/h3-4,9,17H,2,5-8H2,1H3. The first-order valence-electron chi connectivity index (χ1n) is 6.12. The van der Waals surface area contributed by atoms with E-state index in [1.54, 1.807) is 4.90 Å². The van der Waals surface area contributed by atoms with E-state index in [2.05, 4.69) is 11.8 Å². The molecule has 0 aliphatic carbocycles. The number of piperazine rings is 1. The number of carbonyl (C=O) groups excluding carboxylic acids is 1. The Balaban J connectivity index is 2.10. The van der Waals surface area contributed by atoms with Crippen LogP contribution >= 0.6 is 0 Å². The summed E-state index contributed by atoms with van der Waals surface area (Å²) in [5.74, 6) is -0.981. The molecule has 0 radical (unpaired) electrons. The van der Waals surface area contributed by atoms with Crippen LogP contribution in [-0.2, 0) is 0 Å². The van der Waals surface area contributed by atoms with Gasteiger partial charge in [-0.3, -0.25) is 4.79 Å². The largest absolute Gasteiger partial charge is 0.507 e. The minimum atomic E-state index is -0.511. The number of carbonyl (C=O) groups is 1. The Kier molecular flexibility index (Phi) is 3.81. The second-order valence-electron chi connectivity index (χ2n) is 4.39. The van der Waals surface area contributed by atoms with Gasteiger partial charge in [0.25, 0.3) is 5.91 Å². The number of aromatic hydroxyl groups is 1. The monoisotopic (exact) mass is 252 g/mol. The lowest BCUT2D eigenvalue weighted by atomic mass is 10.1. The first kappa shape index (κ1) is 12.8. The van der Waals surface area contributed by atoms with Crippen LogP contribution in [0.4, 0.5) is 4.39 Å². The number of phenolic OH excluding ortho intramolecular Hbond substituents is 1. The average molecular weight is 252 g/mol. The lowest BCUT2D eigenvalue weighted by molar-refractivity contribution is 0.0640. The number of benzene rings is 1. The molecule has 0 saturated carbocycles. The molecule has 0 bridgehead atoms. The number of amides is 1. The first-order valence-corrected chi connectivity index (χ1v) is 6.12. The third-order valence-electron chi connectivity index (χ3n) is 3.30. The van der Waals surface area contributed by atoms with Crippen LogP contribution < -0.4 is 0 Å². The van der Waals surface area contributed by atoms with Gasteiger partial charge in [-0.2, -0.15) is 0 Å². The predicted octanol–water partition coefficient (Wildman–Crippen LogP) is 1.31. The molecule has 1 aromatic rings. The van der Waals surface area contributed by atoms with Gasteiger partial charge in [-0.25, -0.2) is 4.39 Å². The molecule has 98 valence electrons. The Morgan fingerprint density at radius 2 is 2.00 bits per heavy atom. The molecule has 18 heavy (non-hydrogen) atoms. The Labute approximate surface area is 106 Å². The fourth-order valence-electron chi connectivity index (χ4n) is 2.12. The zero-order chi connectivity index (χ0) is 13.1. The van der Waals surface area contributed by atoms with Gasteiger partial charge in [-0.1, -0.05) is 6.92 Å². The molecule has 1 heterocycles. The smallest absolute Gasteiger partial charge is 0.257 e. The van der Waals surface area contributed by atoms with E-state index >= 15 is 0 Å². The van der Waals surface area contributed by atoms with E-state index in [-0.39, 0.29) is 17.2 Å². The van der Waals surface area contributed by atoms with Crippen LogP contribution in [0, 0.1) is 5.82 Å². The molecule has 0 spiro atoms. The van der Waals surface area contributed by atoms with Crippen LogP contribution in [0.5, 0.6) is 5.75 Å². The third-order valence-corrected chi connectivity index (χ3v) is 3.30. The molecule has 4 nitrogen and oxygen atoms in total. The van der Waals surface area contributed by atoms with Crippen molar-refractivity contribution in [1.29, 1.82) is 0 Å². The molecule has 1 N–H and O–H groups in total. The molecular formula is C13H17FN2O2. The molecule has 5 heteroatoms. The van der Waals surface area contributed by atoms with Crippen LogP contribution in [0.2, 0.25) is 0 Å². The van der Waals surface area contributed by atoms with Gasteiger partial charge in [-0.05, 0) is 24.7 Å². The molecule has 1 amide bonds. The number of hydrogen-bond acceptors (Lipinski definition) is 3. The van der Waals surface area contributed by atoms with Crippen molar-refractivity contribution in [3.05, 3.63) is 29.6 Å². The van der Waals surface area contributed by atoms with Crippen LogP contribution in [0.25, 0.3) is 0 Å². The summed E-state index contributed by atoms with van der Waals surface area (Å²) < 4.78 is 13.1. The van der Waals surface area contributed by atoms with Crippen molar-refractivity contribution in [3.63, 3.8) is 0 Å². The fourth-order valence-corrected chi connectivity index (χ4v) is 2.12. The number of likely N-dealkylation sites (N-methyl/N-ethyl adjacent to an activating group) is 1. The maximum Gasteiger partial charge on any atom is 0.257 e. The minimum Gasteiger partial charge on any atom is -0.507 e. The first-order chi connectivity index (χ1) is 8.61. The molecule has 0 atom stereocenters. The van der Waals surface area contributed by atoms with Crippen molar-refractivity contribution in [2.75, 3.05) is 32.7 Å². The Morgan fingerprint density at radius 1 is 1.33 bits per heavy atom. The maximum atomic E-state index is 13.1. The Bertz CT molecular complexity index is 443. The highest BCUT2D eigenvalue weighted by Crippen LogP contribution is 2.20. The van der Waals surface area contributed by atoms with Gasteiger partial charge in [0.1, 0.15) is 11.6 Å². The van der Waals surface area contributed by atoms with Gasteiger partial charge in [0.2, 0.25) is 0 Å². The summed E-state index contributed by atoms with van der Waals surface area (Å²) in [6.07, 6.45) is 0. The van der Waals surface area contributed by atoms with Crippen molar-refractivity contribution in [2.24, 2.45) is 0 Å². The highest BCUT2D eigenvalue weighted by Gasteiger charge is 2.23. The second-order valence-corrected chi connectivity index (χ2v) is 4.39. The van der Waals surface area contributed by atoms with Gasteiger partial charge < -0.3 is 14.9 Å². The van der Waals surface area contributed by atoms with Crippen LogP contribution in [0.15, 0.2) is 18.2 Å². The summed E-state index contributed by atoms with van der Waals surface area (Å²) in [4.78, 5) is 16.0. The molecular weight excluding hydrogens is 235 g/mol. The van der Waals surface area contributed by atoms with E-state index < -0.39 is 5.82 Å². The van der Waals surface area contributed by atoms with Gasteiger partial charge >= 0.3 is 0 Å². The number of halogens is 1. The molecule has 1 aromatic carbocycles. The van der Waals surface area contributed by atoms with E-state index in [4.69, 9.17) is 0 Å². The second kappa shape index (κ2) is 5.35. The molecule has 0 aromatic heterocycles. The van der Waals surface area contributed by atoms with Crippen LogP contribution in [-0.4, -0.2) is 53.5 Å². The molecule has 1 saturated heterocycles. The van der Waals surface area contributed by atoms with Crippen molar-refractivity contribution in [1.82, 2.24) is 9.80 Å². The number of phenols is 1. The van der Waals surface area contributed by atoms with E-state index in [1.165, 1.54) is 6.07 Å². The maximum absolute atomic E-state index is 13.1. The molecule has 1 aliphatic heterocycles. The summed E-state index contributed by atoms with van der Waals surface area (Å²) in [6, 6.07) is 3.44. The van der Waals surface area contributed by atoms with E-state index in [1.807, 2.05) is 0 Å². The van der Waals surface area contributed by atoms with Crippen LogP contribution in [0.1, 0.15) is 17.3 Å². The Morgan fingerprint density at radius 3 is 2.61 bits per heavy atom. The summed E-state index contributed by atoms with van der Waals surface area (Å²) in [6.45, 7) is 5.91. The zero-order valence-electron chi connectivity index (χ0n) is 10.4. The fraction of sp³-hybridized carbons (Fsp3) is 0.462. The third kappa shape index (κ3) is 2.61. The topological polar surface area (TPSA) is 43.8 Å². The predicted molar refractivity (Wildman–Crippen MR) is 66.1 cm³/mol. The summed E-state index contributed by atoms with van der Waals surface area (Å²) in [5.41, 5.74) is 0.0416. The highest BCUT2D eigenvalue weighted by atomic mass is 19.1. The number of nitrogens with zero attached hydrogens (tertiary/aromatic N) is 2. The van der Waals surface area contributed by atoms with Crippen molar-refractivity contribution in [2.45, 2.75) is 6.92 Å². The number of hydrogen-bond donors (Lipinski definition) is 1. The van der Waals surface area contributed by atoms with Crippen LogP contribution in [0.3, 0.4) is 0 Å². The molecule has 2 rings (SSSR count). The summed E-state index contributed by atoms with van der Waals surface area (Å²) in [5, 5.41) is 9.61.